The molecule has 1 heterocycles. The van der Waals surface area contributed by atoms with E-state index in [4.69, 9.17) is 0 Å². The second kappa shape index (κ2) is 7.25. The molecule has 1 aromatic carbocycles. The Labute approximate surface area is 131 Å². The molecule has 0 unspecified atom stereocenters. The first-order valence-corrected chi connectivity index (χ1v) is 8.19. The molecule has 1 amide bonds. The zero-order valence-electron chi connectivity index (χ0n) is 12.9. The lowest BCUT2D eigenvalue weighted by Gasteiger charge is -2.20. The van der Waals surface area contributed by atoms with Gasteiger partial charge in [0.2, 0.25) is 5.91 Å². The van der Waals surface area contributed by atoms with Gasteiger partial charge in [-0.05, 0) is 43.0 Å². The summed E-state index contributed by atoms with van der Waals surface area (Å²) in [6, 6.07) is 10.2. The Balaban J connectivity index is 1.46. The topological polar surface area (TPSA) is 46.9 Å². The first-order valence-electron chi connectivity index (χ1n) is 8.19. The van der Waals surface area contributed by atoms with E-state index < -0.39 is 0 Å². The lowest BCUT2D eigenvalue weighted by Crippen LogP contribution is -2.33. The molecule has 1 aromatic heterocycles. The van der Waals surface area contributed by atoms with Crippen LogP contribution < -0.4 is 5.32 Å². The van der Waals surface area contributed by atoms with E-state index in [-0.39, 0.29) is 11.8 Å². The molecule has 3 rings (SSSR count). The summed E-state index contributed by atoms with van der Waals surface area (Å²) in [5, 5.41) is 7.30. The summed E-state index contributed by atoms with van der Waals surface area (Å²) in [5.41, 5.74) is 2.29. The van der Waals surface area contributed by atoms with Crippen molar-refractivity contribution in [2.75, 3.05) is 6.54 Å². The predicted octanol–water partition coefficient (Wildman–Crippen LogP) is 3.11. The zero-order valence-corrected chi connectivity index (χ0v) is 12.9. The first-order chi connectivity index (χ1) is 10.8. The third-order valence-corrected chi connectivity index (χ3v) is 4.39. The fourth-order valence-electron chi connectivity index (χ4n) is 3.08. The van der Waals surface area contributed by atoms with Crippen molar-refractivity contribution >= 4 is 5.91 Å². The van der Waals surface area contributed by atoms with Crippen LogP contribution in [0.3, 0.4) is 0 Å². The third kappa shape index (κ3) is 3.75. The Morgan fingerprint density at radius 2 is 1.95 bits per heavy atom. The van der Waals surface area contributed by atoms with E-state index in [1.54, 1.807) is 6.20 Å². The first kappa shape index (κ1) is 14.8. The molecule has 1 aliphatic rings. The molecule has 4 heteroatoms. The van der Waals surface area contributed by atoms with Crippen LogP contribution in [0.4, 0.5) is 0 Å². The van der Waals surface area contributed by atoms with Crippen LogP contribution in [0.15, 0.2) is 42.7 Å². The van der Waals surface area contributed by atoms with Gasteiger partial charge in [-0.2, -0.15) is 5.10 Å². The van der Waals surface area contributed by atoms with Crippen molar-refractivity contribution in [2.45, 2.75) is 38.5 Å². The van der Waals surface area contributed by atoms with Crippen molar-refractivity contribution in [1.82, 2.24) is 15.1 Å². The molecule has 1 N–H and O–H groups in total. The van der Waals surface area contributed by atoms with Gasteiger partial charge in [0.1, 0.15) is 0 Å². The Morgan fingerprint density at radius 3 is 2.64 bits per heavy atom. The van der Waals surface area contributed by atoms with Crippen molar-refractivity contribution in [3.8, 4) is 5.69 Å². The fourth-order valence-corrected chi connectivity index (χ4v) is 3.08. The molecule has 2 aromatic rings. The standard InChI is InChI=1S/C18H23N3O/c22-18(16-5-2-1-3-6-16)19-13-11-15-7-9-17(10-8-15)21-14-4-12-20-21/h4,7-10,12,14,16H,1-3,5-6,11,13H2,(H,19,22). The lowest BCUT2D eigenvalue weighted by atomic mass is 9.88. The molecule has 0 aliphatic heterocycles. The van der Waals surface area contributed by atoms with Crippen LogP contribution in [0.2, 0.25) is 0 Å². The summed E-state index contributed by atoms with van der Waals surface area (Å²) < 4.78 is 1.84. The quantitative estimate of drug-likeness (QED) is 0.921. The van der Waals surface area contributed by atoms with Crippen LogP contribution >= 0.6 is 0 Å². The molecule has 0 radical (unpaired) electrons. The lowest BCUT2D eigenvalue weighted by molar-refractivity contribution is -0.125. The highest BCUT2D eigenvalue weighted by molar-refractivity contribution is 5.78. The molecular formula is C18H23N3O. The monoisotopic (exact) mass is 297 g/mol. The van der Waals surface area contributed by atoms with Crippen LogP contribution in [-0.2, 0) is 11.2 Å². The van der Waals surface area contributed by atoms with Crippen LogP contribution in [0.1, 0.15) is 37.7 Å². The average molecular weight is 297 g/mol. The SMILES string of the molecule is O=C(NCCc1ccc(-n2cccn2)cc1)C1CCCCC1. The van der Waals surface area contributed by atoms with Gasteiger partial charge in [0.05, 0.1) is 5.69 Å². The predicted molar refractivity (Wildman–Crippen MR) is 86.9 cm³/mol. The smallest absolute Gasteiger partial charge is 0.223 e. The Kier molecular flexibility index (Phi) is 4.88. The van der Waals surface area contributed by atoms with Crippen LogP contribution in [-0.4, -0.2) is 22.2 Å². The zero-order chi connectivity index (χ0) is 15.2. The largest absolute Gasteiger partial charge is 0.356 e. The van der Waals surface area contributed by atoms with Crippen molar-refractivity contribution < 1.29 is 4.79 Å². The molecule has 0 bridgehead atoms. The van der Waals surface area contributed by atoms with E-state index in [0.29, 0.717) is 0 Å². The summed E-state index contributed by atoms with van der Waals surface area (Å²) in [4.78, 5) is 12.1. The normalized spacial score (nSPS) is 15.6. The second-order valence-corrected chi connectivity index (χ2v) is 5.99. The number of benzene rings is 1. The summed E-state index contributed by atoms with van der Waals surface area (Å²) in [5.74, 6) is 0.490. The number of aromatic nitrogens is 2. The molecule has 116 valence electrons. The molecule has 22 heavy (non-hydrogen) atoms. The number of nitrogens with zero attached hydrogens (tertiary/aromatic N) is 2. The Morgan fingerprint density at radius 1 is 1.18 bits per heavy atom. The van der Waals surface area contributed by atoms with Crippen molar-refractivity contribution in [1.29, 1.82) is 0 Å². The van der Waals surface area contributed by atoms with Crippen molar-refractivity contribution in [2.24, 2.45) is 5.92 Å². The van der Waals surface area contributed by atoms with E-state index >= 15 is 0 Å². The van der Waals surface area contributed by atoms with E-state index in [9.17, 15) is 4.79 Å². The van der Waals surface area contributed by atoms with Gasteiger partial charge < -0.3 is 5.32 Å². The molecule has 0 atom stereocenters. The van der Waals surface area contributed by atoms with Crippen LogP contribution in [0.25, 0.3) is 5.69 Å². The van der Waals surface area contributed by atoms with Gasteiger partial charge >= 0.3 is 0 Å². The van der Waals surface area contributed by atoms with Crippen molar-refractivity contribution in [3.63, 3.8) is 0 Å². The van der Waals surface area contributed by atoms with Crippen LogP contribution in [0.5, 0.6) is 0 Å². The highest BCUT2D eigenvalue weighted by Crippen LogP contribution is 2.23. The highest BCUT2D eigenvalue weighted by atomic mass is 16.1. The fraction of sp³-hybridized carbons (Fsp3) is 0.444. The summed E-state index contributed by atoms with van der Waals surface area (Å²) in [6.45, 7) is 0.719. The molecule has 1 fully saturated rings. The minimum Gasteiger partial charge on any atom is -0.356 e. The Bertz CT molecular complexity index is 583. The third-order valence-electron chi connectivity index (χ3n) is 4.39. The number of carbonyl (C=O) groups is 1. The molecule has 0 spiro atoms. The second-order valence-electron chi connectivity index (χ2n) is 5.99. The molecular weight excluding hydrogens is 274 g/mol. The van der Waals surface area contributed by atoms with E-state index in [2.05, 4.69) is 34.7 Å². The molecule has 0 saturated heterocycles. The summed E-state index contributed by atoms with van der Waals surface area (Å²) >= 11 is 0. The van der Waals surface area contributed by atoms with Gasteiger partial charge in [-0.25, -0.2) is 4.68 Å². The van der Waals surface area contributed by atoms with Gasteiger partial charge in [0.15, 0.2) is 0 Å². The van der Waals surface area contributed by atoms with Gasteiger partial charge in [-0.15, -0.1) is 0 Å². The van der Waals surface area contributed by atoms with Gasteiger partial charge in [0, 0.05) is 24.9 Å². The van der Waals surface area contributed by atoms with Crippen molar-refractivity contribution in [3.05, 3.63) is 48.3 Å². The Hall–Kier alpha value is -2.10. The highest BCUT2D eigenvalue weighted by Gasteiger charge is 2.20. The van der Waals surface area contributed by atoms with Gasteiger partial charge in [-0.3, -0.25) is 4.79 Å². The van der Waals surface area contributed by atoms with E-state index in [1.165, 1.54) is 24.8 Å². The number of carbonyl (C=O) groups excluding carboxylic acids is 1. The minimum absolute atomic E-state index is 0.243. The number of hydrogen-bond donors (Lipinski definition) is 1. The molecule has 4 nitrogen and oxygen atoms in total. The average Bonchev–Trinajstić information content (AvgIpc) is 3.11. The maximum atomic E-state index is 12.1. The van der Waals surface area contributed by atoms with E-state index in [1.807, 2.05) is 16.9 Å². The van der Waals surface area contributed by atoms with Gasteiger partial charge in [-0.1, -0.05) is 31.4 Å². The minimum atomic E-state index is 0.243. The number of nitrogens with one attached hydrogen (secondary N) is 1. The molecule has 1 saturated carbocycles. The number of hydrogen-bond acceptors (Lipinski definition) is 2. The van der Waals surface area contributed by atoms with E-state index in [0.717, 1.165) is 31.5 Å². The van der Waals surface area contributed by atoms with Gasteiger partial charge in [0.25, 0.3) is 0 Å². The summed E-state index contributed by atoms with van der Waals surface area (Å²) in [7, 11) is 0. The number of rotatable bonds is 5. The van der Waals surface area contributed by atoms with Crippen LogP contribution in [0, 0.1) is 5.92 Å². The maximum absolute atomic E-state index is 12.1. The molecule has 1 aliphatic carbocycles. The number of amides is 1. The maximum Gasteiger partial charge on any atom is 0.223 e. The summed E-state index contributed by atoms with van der Waals surface area (Å²) in [6.07, 6.45) is 10.4.